The number of rotatable bonds is 3. The van der Waals surface area contributed by atoms with E-state index in [0.29, 0.717) is 6.61 Å². The number of hydrogen-bond acceptors (Lipinski definition) is 4. The Hall–Kier alpha value is -1.46. The van der Waals surface area contributed by atoms with Gasteiger partial charge < -0.3 is 10.1 Å². The Labute approximate surface area is 106 Å². The van der Waals surface area contributed by atoms with Crippen molar-refractivity contribution in [3.63, 3.8) is 0 Å². The second-order valence-corrected chi connectivity index (χ2v) is 5.33. The van der Waals surface area contributed by atoms with E-state index in [1.807, 2.05) is 0 Å². The Kier molecular flexibility index (Phi) is 3.63. The molecule has 1 saturated heterocycles. The first kappa shape index (κ1) is 13.0. The lowest BCUT2D eigenvalue weighted by Gasteiger charge is -2.36. The van der Waals surface area contributed by atoms with Crippen molar-refractivity contribution < 1.29 is 9.66 Å². The zero-order chi connectivity index (χ0) is 13.2. The van der Waals surface area contributed by atoms with Crippen LogP contribution in [0.2, 0.25) is 0 Å². The molecule has 0 radical (unpaired) electrons. The smallest absolute Gasteiger partial charge is 0.269 e. The molecule has 1 fully saturated rings. The summed E-state index contributed by atoms with van der Waals surface area (Å²) in [5.74, 6) is 0. The van der Waals surface area contributed by atoms with Gasteiger partial charge >= 0.3 is 0 Å². The molecule has 2 rings (SSSR count). The number of nitro groups is 1. The van der Waals surface area contributed by atoms with E-state index in [1.165, 1.54) is 12.1 Å². The van der Waals surface area contributed by atoms with Crippen LogP contribution in [0, 0.1) is 10.1 Å². The van der Waals surface area contributed by atoms with Crippen LogP contribution >= 0.6 is 0 Å². The molecule has 0 bridgehead atoms. The molecule has 0 saturated carbocycles. The summed E-state index contributed by atoms with van der Waals surface area (Å²) < 4.78 is 5.78. The molecular weight excluding hydrogens is 232 g/mol. The van der Waals surface area contributed by atoms with Crippen LogP contribution in [0.4, 0.5) is 5.69 Å². The van der Waals surface area contributed by atoms with Crippen LogP contribution in [-0.4, -0.2) is 29.7 Å². The van der Waals surface area contributed by atoms with Crippen LogP contribution in [0.1, 0.15) is 19.4 Å². The second-order valence-electron chi connectivity index (χ2n) is 5.33. The van der Waals surface area contributed by atoms with Crippen molar-refractivity contribution >= 4 is 5.69 Å². The summed E-state index contributed by atoms with van der Waals surface area (Å²) in [5.41, 5.74) is 1.22. The number of non-ortho nitro benzene ring substituents is 1. The molecule has 0 amide bonds. The minimum Gasteiger partial charge on any atom is -0.375 e. The zero-order valence-corrected chi connectivity index (χ0v) is 10.7. The molecule has 1 N–H and O–H groups in total. The summed E-state index contributed by atoms with van der Waals surface area (Å²) in [6.45, 7) is 5.71. The van der Waals surface area contributed by atoms with Crippen LogP contribution in [0.5, 0.6) is 0 Å². The summed E-state index contributed by atoms with van der Waals surface area (Å²) in [6, 6.07) is 6.66. The Morgan fingerprint density at radius 1 is 1.44 bits per heavy atom. The Bertz CT molecular complexity index is 418. The van der Waals surface area contributed by atoms with Crippen molar-refractivity contribution in [1.82, 2.24) is 5.32 Å². The van der Waals surface area contributed by atoms with Crippen LogP contribution in [0.25, 0.3) is 0 Å². The zero-order valence-electron chi connectivity index (χ0n) is 10.7. The monoisotopic (exact) mass is 250 g/mol. The molecule has 1 unspecified atom stereocenters. The lowest BCUT2D eigenvalue weighted by atomic mass is 10.0. The van der Waals surface area contributed by atoms with Gasteiger partial charge in [0.05, 0.1) is 17.6 Å². The summed E-state index contributed by atoms with van der Waals surface area (Å²) >= 11 is 0. The topological polar surface area (TPSA) is 64.4 Å². The Morgan fingerprint density at radius 2 is 2.11 bits per heavy atom. The van der Waals surface area contributed by atoms with E-state index in [9.17, 15) is 10.1 Å². The summed E-state index contributed by atoms with van der Waals surface area (Å²) in [6.07, 6.45) is 0.917. The van der Waals surface area contributed by atoms with Crippen LogP contribution in [0.15, 0.2) is 24.3 Å². The molecule has 98 valence electrons. The lowest BCUT2D eigenvalue weighted by molar-refractivity contribution is -0.384. The van der Waals surface area contributed by atoms with Crippen molar-refractivity contribution in [2.24, 2.45) is 0 Å². The molecule has 18 heavy (non-hydrogen) atoms. The van der Waals surface area contributed by atoms with Crippen LogP contribution < -0.4 is 5.32 Å². The highest BCUT2D eigenvalue weighted by molar-refractivity contribution is 5.33. The second kappa shape index (κ2) is 5.04. The van der Waals surface area contributed by atoms with Crippen molar-refractivity contribution in [1.29, 1.82) is 0 Å². The van der Waals surface area contributed by atoms with Gasteiger partial charge in [-0.3, -0.25) is 10.1 Å². The van der Waals surface area contributed by atoms with Crippen molar-refractivity contribution in [2.45, 2.75) is 31.9 Å². The summed E-state index contributed by atoms with van der Waals surface area (Å²) in [5, 5.41) is 14.0. The van der Waals surface area contributed by atoms with Gasteiger partial charge in [0.2, 0.25) is 0 Å². The highest BCUT2D eigenvalue weighted by Crippen LogP contribution is 2.17. The van der Waals surface area contributed by atoms with Crippen molar-refractivity contribution in [3.8, 4) is 0 Å². The number of morpholine rings is 1. The molecule has 1 aromatic rings. The van der Waals surface area contributed by atoms with Gasteiger partial charge in [-0.2, -0.15) is 0 Å². The van der Waals surface area contributed by atoms with E-state index in [0.717, 1.165) is 18.5 Å². The number of nitro benzene ring substituents is 1. The number of nitrogens with zero attached hydrogens (tertiary/aromatic N) is 1. The molecule has 1 aliphatic heterocycles. The van der Waals surface area contributed by atoms with E-state index in [1.54, 1.807) is 12.1 Å². The lowest BCUT2D eigenvalue weighted by Crippen LogP contribution is -2.53. The van der Waals surface area contributed by atoms with E-state index < -0.39 is 0 Å². The highest BCUT2D eigenvalue weighted by Gasteiger charge is 2.26. The molecule has 0 aliphatic carbocycles. The minimum absolute atomic E-state index is 0.0337. The Balaban J connectivity index is 1.92. The van der Waals surface area contributed by atoms with E-state index in [2.05, 4.69) is 19.2 Å². The molecular formula is C13H18N2O3. The Morgan fingerprint density at radius 3 is 2.61 bits per heavy atom. The molecule has 1 heterocycles. The van der Waals surface area contributed by atoms with Gasteiger partial charge in [0.1, 0.15) is 0 Å². The maximum absolute atomic E-state index is 10.5. The average Bonchev–Trinajstić information content (AvgIpc) is 2.33. The summed E-state index contributed by atoms with van der Waals surface area (Å²) in [4.78, 5) is 10.2. The molecule has 0 aromatic heterocycles. The molecule has 5 nitrogen and oxygen atoms in total. The standard InChI is InChI=1S/C13H18N2O3/c1-13(2)9-18-12(8-14-13)7-10-3-5-11(6-4-10)15(16)17/h3-6,12,14H,7-9H2,1-2H3. The average molecular weight is 250 g/mol. The predicted octanol–water partition coefficient (Wildman–Crippen LogP) is 1.90. The molecule has 1 atom stereocenters. The number of nitrogens with one attached hydrogen (secondary N) is 1. The van der Waals surface area contributed by atoms with Gasteiger partial charge in [-0.15, -0.1) is 0 Å². The van der Waals surface area contributed by atoms with Crippen LogP contribution in [0.3, 0.4) is 0 Å². The molecule has 0 spiro atoms. The number of hydrogen-bond donors (Lipinski definition) is 1. The fourth-order valence-electron chi connectivity index (χ4n) is 1.97. The van der Waals surface area contributed by atoms with Gasteiger partial charge in [-0.1, -0.05) is 12.1 Å². The first-order valence-corrected chi connectivity index (χ1v) is 6.06. The highest BCUT2D eigenvalue weighted by atomic mass is 16.6. The van der Waals surface area contributed by atoms with E-state index in [4.69, 9.17) is 4.74 Å². The number of ether oxygens (including phenoxy) is 1. The maximum atomic E-state index is 10.5. The third kappa shape index (κ3) is 3.27. The first-order valence-electron chi connectivity index (χ1n) is 6.06. The van der Waals surface area contributed by atoms with Gasteiger partial charge in [-0.05, 0) is 25.8 Å². The largest absolute Gasteiger partial charge is 0.375 e. The first-order chi connectivity index (χ1) is 8.46. The maximum Gasteiger partial charge on any atom is 0.269 e. The van der Waals surface area contributed by atoms with Crippen LogP contribution in [-0.2, 0) is 11.2 Å². The van der Waals surface area contributed by atoms with Gasteiger partial charge in [-0.25, -0.2) is 0 Å². The van der Waals surface area contributed by atoms with E-state index >= 15 is 0 Å². The van der Waals surface area contributed by atoms with E-state index in [-0.39, 0.29) is 22.3 Å². The van der Waals surface area contributed by atoms with Gasteiger partial charge in [0, 0.05) is 24.2 Å². The molecule has 5 heteroatoms. The van der Waals surface area contributed by atoms with Crippen molar-refractivity contribution in [2.75, 3.05) is 13.2 Å². The SMILES string of the molecule is CC1(C)COC(Cc2ccc([N+](=O)[O-])cc2)CN1. The predicted molar refractivity (Wildman–Crippen MR) is 68.6 cm³/mol. The fraction of sp³-hybridized carbons (Fsp3) is 0.538. The number of benzene rings is 1. The molecule has 1 aromatic carbocycles. The van der Waals surface area contributed by atoms with Gasteiger partial charge in [0.15, 0.2) is 0 Å². The van der Waals surface area contributed by atoms with Crippen molar-refractivity contribution in [3.05, 3.63) is 39.9 Å². The fourth-order valence-corrected chi connectivity index (χ4v) is 1.97. The minimum atomic E-state index is -0.384. The molecule has 1 aliphatic rings. The third-order valence-corrected chi connectivity index (χ3v) is 3.10. The normalized spacial score (nSPS) is 22.7. The third-order valence-electron chi connectivity index (χ3n) is 3.10. The summed E-state index contributed by atoms with van der Waals surface area (Å²) in [7, 11) is 0. The quantitative estimate of drug-likeness (QED) is 0.657. The van der Waals surface area contributed by atoms with Gasteiger partial charge in [0.25, 0.3) is 5.69 Å².